The van der Waals surface area contributed by atoms with Gasteiger partial charge in [-0.15, -0.1) is 0 Å². The number of hydrogen-bond acceptors (Lipinski definition) is 8. The topological polar surface area (TPSA) is 275 Å². The second kappa shape index (κ2) is 15.1. The van der Waals surface area contributed by atoms with Crippen molar-refractivity contribution >= 4 is 46.5 Å². The highest BCUT2D eigenvalue weighted by Crippen LogP contribution is 2.19. The molecule has 0 radical (unpaired) electrons. The summed E-state index contributed by atoms with van der Waals surface area (Å²) >= 11 is 0. The van der Waals surface area contributed by atoms with Crippen molar-refractivity contribution in [2.45, 2.75) is 62.7 Å². The summed E-state index contributed by atoms with van der Waals surface area (Å²) in [4.78, 5) is 83.4. The first-order chi connectivity index (χ1) is 20.4. The Balaban J connectivity index is 1.85. The monoisotopic (exact) mass is 598 g/mol. The third-order valence-corrected chi connectivity index (χ3v) is 6.64. The van der Waals surface area contributed by atoms with Crippen LogP contribution in [-0.4, -0.2) is 84.9 Å². The number of fused-ring (bicyclic) bond motifs is 1. The minimum atomic E-state index is -1.53. The van der Waals surface area contributed by atoms with Gasteiger partial charge < -0.3 is 47.6 Å². The highest BCUT2D eigenvalue weighted by Gasteiger charge is 2.31. The van der Waals surface area contributed by atoms with Crippen LogP contribution in [0.1, 0.15) is 36.9 Å². The van der Waals surface area contributed by atoms with Gasteiger partial charge in [0.05, 0.1) is 12.4 Å². The maximum atomic E-state index is 13.7. The van der Waals surface area contributed by atoms with Crippen LogP contribution in [0, 0.1) is 0 Å². The van der Waals surface area contributed by atoms with Crippen LogP contribution in [-0.2, 0) is 41.6 Å². The number of aromatic amines is 2. The van der Waals surface area contributed by atoms with E-state index in [1.807, 2.05) is 18.2 Å². The number of benzene rings is 1. The lowest BCUT2D eigenvalue weighted by molar-refractivity contribution is -0.143. The molecule has 0 aliphatic heterocycles. The van der Waals surface area contributed by atoms with Crippen LogP contribution in [0.2, 0.25) is 0 Å². The maximum absolute atomic E-state index is 13.7. The van der Waals surface area contributed by atoms with E-state index < -0.39 is 66.2 Å². The van der Waals surface area contributed by atoms with Gasteiger partial charge in [0.1, 0.15) is 18.1 Å². The van der Waals surface area contributed by atoms with E-state index in [4.69, 9.17) is 16.6 Å². The number of hydrogen-bond donors (Lipinski definition) is 9. The van der Waals surface area contributed by atoms with E-state index in [-0.39, 0.29) is 32.1 Å². The molecule has 0 bridgehead atoms. The number of carboxylic acid groups (broad SMARTS) is 2. The number of nitrogens with one attached hydrogen (secondary N) is 5. The lowest BCUT2D eigenvalue weighted by atomic mass is 10.0. The van der Waals surface area contributed by atoms with Gasteiger partial charge in [-0.3, -0.25) is 24.0 Å². The maximum Gasteiger partial charge on any atom is 0.326 e. The minimum absolute atomic E-state index is 0.0150. The van der Waals surface area contributed by atoms with Crippen molar-refractivity contribution < 1.29 is 39.0 Å². The van der Waals surface area contributed by atoms with Gasteiger partial charge in [-0.05, 0) is 24.5 Å². The van der Waals surface area contributed by atoms with E-state index >= 15 is 0 Å². The fourth-order valence-electron chi connectivity index (χ4n) is 4.33. The zero-order chi connectivity index (χ0) is 31.5. The van der Waals surface area contributed by atoms with E-state index in [2.05, 4.69) is 30.9 Å². The molecule has 0 saturated carbocycles. The number of imidazole rings is 1. The fraction of sp³-hybridized carbons (Fsp3) is 0.370. The molecule has 16 nitrogen and oxygen atoms in total. The molecule has 3 rings (SSSR count). The molecular formula is C27H34N8O8. The number of carbonyl (C=O) groups is 6. The number of primary amides is 1. The summed E-state index contributed by atoms with van der Waals surface area (Å²) in [6.07, 6.45) is 3.20. The number of aliphatic carboxylic acids is 2. The molecule has 0 aliphatic rings. The summed E-state index contributed by atoms with van der Waals surface area (Å²) in [5.74, 6) is -5.74. The van der Waals surface area contributed by atoms with Gasteiger partial charge in [-0.25, -0.2) is 9.78 Å². The van der Waals surface area contributed by atoms with Gasteiger partial charge in [0.15, 0.2) is 0 Å². The van der Waals surface area contributed by atoms with Crippen LogP contribution in [0.15, 0.2) is 43.0 Å². The number of aromatic nitrogens is 3. The summed E-state index contributed by atoms with van der Waals surface area (Å²) in [5, 5.41) is 26.7. The quantitative estimate of drug-likeness (QED) is 0.0883. The Bertz CT molecular complexity index is 1450. The fourth-order valence-corrected chi connectivity index (χ4v) is 4.33. The Morgan fingerprint density at radius 1 is 0.837 bits per heavy atom. The van der Waals surface area contributed by atoms with Crippen LogP contribution in [0.25, 0.3) is 10.9 Å². The van der Waals surface area contributed by atoms with Crippen LogP contribution in [0.5, 0.6) is 0 Å². The Kier molecular flexibility index (Phi) is 11.3. The molecule has 4 atom stereocenters. The van der Waals surface area contributed by atoms with Gasteiger partial charge in [-0.2, -0.15) is 0 Å². The van der Waals surface area contributed by atoms with Crippen LogP contribution in [0.4, 0.5) is 0 Å². The molecule has 2 aromatic heterocycles. The van der Waals surface area contributed by atoms with Crippen molar-refractivity contribution in [3.05, 3.63) is 54.2 Å². The SMILES string of the molecule is NC(=O)CCC(N)C(=O)NC(Cc1c[nH]c2ccccc12)C(=O)NC(Cc1cnc[nH]1)C(=O)NC(CCC(=O)O)C(=O)O. The number of nitrogens with two attached hydrogens (primary N) is 2. The van der Waals surface area contributed by atoms with Crippen molar-refractivity contribution in [3.63, 3.8) is 0 Å². The third kappa shape index (κ3) is 9.67. The van der Waals surface area contributed by atoms with Crippen molar-refractivity contribution in [2.75, 3.05) is 0 Å². The number of amides is 4. The van der Waals surface area contributed by atoms with Crippen molar-refractivity contribution in [1.82, 2.24) is 30.9 Å². The zero-order valence-electron chi connectivity index (χ0n) is 23.0. The molecule has 0 spiro atoms. The lowest BCUT2D eigenvalue weighted by Crippen LogP contribution is -2.58. The predicted molar refractivity (Wildman–Crippen MR) is 151 cm³/mol. The highest BCUT2D eigenvalue weighted by molar-refractivity contribution is 5.95. The summed E-state index contributed by atoms with van der Waals surface area (Å²) in [6, 6.07) is 2.02. The van der Waals surface area contributed by atoms with E-state index in [1.54, 1.807) is 12.3 Å². The normalized spacial score (nSPS) is 13.8. The number of H-pyrrole nitrogens is 2. The molecule has 4 amide bonds. The summed E-state index contributed by atoms with van der Waals surface area (Å²) in [7, 11) is 0. The molecule has 43 heavy (non-hydrogen) atoms. The average Bonchev–Trinajstić information content (AvgIpc) is 3.62. The first-order valence-corrected chi connectivity index (χ1v) is 13.4. The molecule has 1 aromatic carbocycles. The van der Waals surface area contributed by atoms with Gasteiger partial charge in [0.2, 0.25) is 23.6 Å². The van der Waals surface area contributed by atoms with E-state index in [0.29, 0.717) is 11.3 Å². The van der Waals surface area contributed by atoms with Crippen molar-refractivity contribution in [2.24, 2.45) is 11.5 Å². The van der Waals surface area contributed by atoms with Crippen molar-refractivity contribution in [1.29, 1.82) is 0 Å². The molecule has 3 aromatic rings. The standard InChI is InChI=1S/C27H34N8O8/c28-17(5-7-22(29)36)24(39)34-20(9-14-11-31-18-4-2-1-3-16(14)18)25(40)35-21(10-15-12-30-13-32-15)26(41)33-19(27(42)43)6-8-23(37)38/h1-4,11-13,17,19-21,31H,5-10,28H2,(H2,29,36)(H,30,32)(H,33,41)(H,34,39)(H,35,40)(H,37,38)(H,42,43). The number of para-hydroxylation sites is 1. The smallest absolute Gasteiger partial charge is 0.326 e. The Hall–Kier alpha value is -5.25. The van der Waals surface area contributed by atoms with Crippen molar-refractivity contribution in [3.8, 4) is 0 Å². The van der Waals surface area contributed by atoms with Gasteiger partial charge in [0, 0.05) is 54.7 Å². The molecule has 0 saturated heterocycles. The first-order valence-electron chi connectivity index (χ1n) is 13.4. The molecule has 16 heteroatoms. The summed E-state index contributed by atoms with van der Waals surface area (Å²) < 4.78 is 0. The van der Waals surface area contributed by atoms with Gasteiger partial charge in [-0.1, -0.05) is 18.2 Å². The number of carbonyl (C=O) groups excluding carboxylic acids is 4. The molecule has 0 aliphatic carbocycles. The van der Waals surface area contributed by atoms with Crippen LogP contribution in [0.3, 0.4) is 0 Å². The van der Waals surface area contributed by atoms with Crippen LogP contribution < -0.4 is 27.4 Å². The molecular weight excluding hydrogens is 564 g/mol. The Morgan fingerprint density at radius 3 is 2.12 bits per heavy atom. The highest BCUT2D eigenvalue weighted by atomic mass is 16.4. The molecule has 11 N–H and O–H groups in total. The Morgan fingerprint density at radius 2 is 1.49 bits per heavy atom. The molecule has 0 fully saturated rings. The minimum Gasteiger partial charge on any atom is -0.481 e. The molecule has 4 unspecified atom stereocenters. The van der Waals surface area contributed by atoms with Gasteiger partial charge >= 0.3 is 11.9 Å². The van der Waals surface area contributed by atoms with Crippen LogP contribution >= 0.6 is 0 Å². The largest absolute Gasteiger partial charge is 0.481 e. The van der Waals surface area contributed by atoms with E-state index in [1.165, 1.54) is 12.5 Å². The average molecular weight is 599 g/mol. The summed E-state index contributed by atoms with van der Waals surface area (Å²) in [6.45, 7) is 0. The van der Waals surface area contributed by atoms with E-state index in [9.17, 15) is 33.9 Å². The number of carboxylic acids is 2. The second-order valence-electron chi connectivity index (χ2n) is 9.91. The van der Waals surface area contributed by atoms with Gasteiger partial charge in [0.25, 0.3) is 0 Å². The zero-order valence-corrected chi connectivity index (χ0v) is 23.0. The third-order valence-electron chi connectivity index (χ3n) is 6.64. The predicted octanol–water partition coefficient (Wildman–Crippen LogP) is -1.33. The molecule has 230 valence electrons. The summed E-state index contributed by atoms with van der Waals surface area (Å²) in [5.41, 5.74) is 13.0. The first kappa shape index (κ1) is 32.3. The second-order valence-corrected chi connectivity index (χ2v) is 9.91. The van der Waals surface area contributed by atoms with E-state index in [0.717, 1.165) is 10.9 Å². The Labute approximate surface area is 245 Å². The number of nitrogens with zero attached hydrogens (tertiary/aromatic N) is 1. The lowest BCUT2D eigenvalue weighted by Gasteiger charge is -2.25. The molecule has 2 heterocycles. The number of rotatable bonds is 17.